The van der Waals surface area contributed by atoms with Crippen molar-refractivity contribution in [3.05, 3.63) is 0 Å². The number of hydrogen-bond acceptors (Lipinski definition) is 3. The van der Waals surface area contributed by atoms with Crippen LogP contribution in [0.4, 0.5) is 0 Å². The summed E-state index contributed by atoms with van der Waals surface area (Å²) in [5.41, 5.74) is 0.229. The van der Waals surface area contributed by atoms with Crippen LogP contribution >= 0.6 is 0 Å². The molecule has 0 aromatic rings. The Balaban J connectivity index is 1.70. The fourth-order valence-corrected chi connectivity index (χ4v) is 2.42. The second-order valence-electron chi connectivity index (χ2n) is 5.23. The number of carbonyl (C=O) groups is 1. The summed E-state index contributed by atoms with van der Waals surface area (Å²) in [6.07, 6.45) is 5.23. The molecule has 16 heavy (non-hydrogen) atoms. The van der Waals surface area contributed by atoms with Gasteiger partial charge in [-0.05, 0) is 44.1 Å². The smallest absolute Gasteiger partial charge is 0.224 e. The number of piperidine rings is 1. The molecule has 0 radical (unpaired) electrons. The number of aliphatic hydroxyl groups excluding tert-OH is 1. The van der Waals surface area contributed by atoms with E-state index >= 15 is 0 Å². The lowest BCUT2D eigenvalue weighted by atomic mass is 9.97. The summed E-state index contributed by atoms with van der Waals surface area (Å²) in [4.78, 5) is 11.9. The summed E-state index contributed by atoms with van der Waals surface area (Å²) in [7, 11) is 0. The van der Waals surface area contributed by atoms with E-state index in [9.17, 15) is 4.79 Å². The topological polar surface area (TPSA) is 61.4 Å². The standard InChI is InChI=1S/C12H22N2O2/c15-7-5-12(3-4-12)9-14-11(16)10-2-1-6-13-8-10/h10,13,15H,1-9H2,(H,14,16). The third-order valence-electron chi connectivity index (χ3n) is 3.90. The van der Waals surface area contributed by atoms with Crippen molar-refractivity contribution in [2.75, 3.05) is 26.2 Å². The molecule has 3 N–H and O–H groups in total. The average molecular weight is 226 g/mol. The lowest BCUT2D eigenvalue weighted by molar-refractivity contribution is -0.125. The number of aliphatic hydroxyl groups is 1. The number of rotatable bonds is 5. The van der Waals surface area contributed by atoms with Gasteiger partial charge in [0, 0.05) is 19.7 Å². The largest absolute Gasteiger partial charge is 0.396 e. The third kappa shape index (κ3) is 2.95. The molecule has 1 unspecified atom stereocenters. The van der Waals surface area contributed by atoms with Gasteiger partial charge in [-0.2, -0.15) is 0 Å². The predicted octanol–water partition coefficient (Wildman–Crippen LogP) is 0.265. The Morgan fingerprint density at radius 3 is 2.88 bits per heavy atom. The Morgan fingerprint density at radius 1 is 1.50 bits per heavy atom. The molecule has 1 atom stereocenters. The quantitative estimate of drug-likeness (QED) is 0.630. The van der Waals surface area contributed by atoms with E-state index in [0.29, 0.717) is 0 Å². The van der Waals surface area contributed by atoms with Crippen molar-refractivity contribution in [3.63, 3.8) is 0 Å². The van der Waals surface area contributed by atoms with Gasteiger partial charge in [0.2, 0.25) is 5.91 Å². The van der Waals surface area contributed by atoms with Crippen LogP contribution in [-0.4, -0.2) is 37.3 Å². The maximum absolute atomic E-state index is 11.9. The lowest BCUT2D eigenvalue weighted by Crippen LogP contribution is -2.42. The second-order valence-corrected chi connectivity index (χ2v) is 5.23. The van der Waals surface area contributed by atoms with E-state index in [1.165, 1.54) is 0 Å². The molecule has 4 heteroatoms. The van der Waals surface area contributed by atoms with Crippen LogP contribution in [0, 0.1) is 11.3 Å². The van der Waals surface area contributed by atoms with Crippen molar-refractivity contribution in [3.8, 4) is 0 Å². The molecule has 1 amide bonds. The fraction of sp³-hybridized carbons (Fsp3) is 0.917. The molecule has 2 rings (SSSR count). The highest BCUT2D eigenvalue weighted by atomic mass is 16.3. The molecule has 1 saturated carbocycles. The highest BCUT2D eigenvalue weighted by molar-refractivity contribution is 5.79. The van der Waals surface area contributed by atoms with E-state index in [-0.39, 0.29) is 23.8 Å². The van der Waals surface area contributed by atoms with Crippen molar-refractivity contribution >= 4 is 5.91 Å². The molecule has 2 aliphatic rings. The van der Waals surface area contributed by atoms with E-state index in [2.05, 4.69) is 10.6 Å². The van der Waals surface area contributed by atoms with Gasteiger partial charge in [-0.3, -0.25) is 4.79 Å². The van der Waals surface area contributed by atoms with E-state index in [0.717, 1.165) is 51.7 Å². The van der Waals surface area contributed by atoms with Gasteiger partial charge in [0.1, 0.15) is 0 Å². The van der Waals surface area contributed by atoms with E-state index < -0.39 is 0 Å². The van der Waals surface area contributed by atoms with Crippen molar-refractivity contribution < 1.29 is 9.90 Å². The number of carbonyl (C=O) groups excluding carboxylic acids is 1. The van der Waals surface area contributed by atoms with Crippen LogP contribution in [0.5, 0.6) is 0 Å². The minimum Gasteiger partial charge on any atom is -0.396 e. The zero-order chi connectivity index (χ0) is 11.4. The number of nitrogens with one attached hydrogen (secondary N) is 2. The Kier molecular flexibility index (Phi) is 3.82. The molecule has 0 bridgehead atoms. The molecule has 1 aliphatic heterocycles. The first-order valence-electron chi connectivity index (χ1n) is 6.35. The summed E-state index contributed by atoms with van der Waals surface area (Å²) in [6, 6.07) is 0. The summed E-state index contributed by atoms with van der Waals surface area (Å²) >= 11 is 0. The molecular weight excluding hydrogens is 204 g/mol. The first-order valence-corrected chi connectivity index (χ1v) is 6.35. The van der Waals surface area contributed by atoms with Crippen LogP contribution in [0.1, 0.15) is 32.1 Å². The Hall–Kier alpha value is -0.610. The summed E-state index contributed by atoms with van der Waals surface area (Å²) < 4.78 is 0. The Bertz CT molecular complexity index is 245. The Morgan fingerprint density at radius 2 is 2.31 bits per heavy atom. The van der Waals surface area contributed by atoms with Crippen molar-refractivity contribution in [1.29, 1.82) is 0 Å². The average Bonchev–Trinajstić information content (AvgIpc) is 3.08. The van der Waals surface area contributed by atoms with Gasteiger partial charge in [0.05, 0.1) is 5.92 Å². The maximum atomic E-state index is 11.9. The van der Waals surface area contributed by atoms with Crippen molar-refractivity contribution in [2.45, 2.75) is 32.1 Å². The van der Waals surface area contributed by atoms with Crippen LogP contribution in [-0.2, 0) is 4.79 Å². The molecule has 0 spiro atoms. The zero-order valence-electron chi connectivity index (χ0n) is 9.80. The molecule has 4 nitrogen and oxygen atoms in total. The first-order chi connectivity index (χ1) is 7.76. The van der Waals surface area contributed by atoms with Gasteiger partial charge in [0.25, 0.3) is 0 Å². The molecule has 0 aromatic carbocycles. The molecule has 1 aliphatic carbocycles. The minimum absolute atomic E-state index is 0.152. The van der Waals surface area contributed by atoms with Gasteiger partial charge in [-0.15, -0.1) is 0 Å². The zero-order valence-corrected chi connectivity index (χ0v) is 9.80. The van der Waals surface area contributed by atoms with Crippen molar-refractivity contribution in [1.82, 2.24) is 10.6 Å². The van der Waals surface area contributed by atoms with Gasteiger partial charge in [0.15, 0.2) is 0 Å². The second kappa shape index (κ2) is 5.15. The van der Waals surface area contributed by atoms with Gasteiger partial charge < -0.3 is 15.7 Å². The van der Waals surface area contributed by atoms with Crippen LogP contribution in [0.3, 0.4) is 0 Å². The Labute approximate surface area is 96.8 Å². The number of hydrogen-bond donors (Lipinski definition) is 3. The summed E-state index contributed by atoms with van der Waals surface area (Å²) in [5.74, 6) is 0.343. The molecule has 0 aromatic heterocycles. The predicted molar refractivity (Wildman–Crippen MR) is 62.0 cm³/mol. The molecule has 1 heterocycles. The fourth-order valence-electron chi connectivity index (χ4n) is 2.42. The number of amides is 1. The van der Waals surface area contributed by atoms with Crippen LogP contribution in [0.15, 0.2) is 0 Å². The third-order valence-corrected chi connectivity index (χ3v) is 3.90. The van der Waals surface area contributed by atoms with E-state index in [4.69, 9.17) is 5.11 Å². The SMILES string of the molecule is O=C(NCC1(CCO)CC1)C1CCCNC1. The molecule has 92 valence electrons. The normalized spacial score (nSPS) is 27.4. The monoisotopic (exact) mass is 226 g/mol. The van der Waals surface area contributed by atoms with Gasteiger partial charge >= 0.3 is 0 Å². The van der Waals surface area contributed by atoms with Crippen LogP contribution in [0.2, 0.25) is 0 Å². The lowest BCUT2D eigenvalue weighted by Gasteiger charge is -2.23. The summed E-state index contributed by atoms with van der Waals surface area (Å²) in [6.45, 7) is 2.85. The maximum Gasteiger partial charge on any atom is 0.224 e. The first kappa shape index (κ1) is 11.9. The highest BCUT2D eigenvalue weighted by Crippen LogP contribution is 2.47. The molecule has 2 fully saturated rings. The molecular formula is C12H22N2O2. The summed E-state index contributed by atoms with van der Waals surface area (Å²) in [5, 5.41) is 15.2. The molecule has 1 saturated heterocycles. The van der Waals surface area contributed by atoms with Crippen LogP contribution < -0.4 is 10.6 Å². The van der Waals surface area contributed by atoms with Crippen molar-refractivity contribution in [2.24, 2.45) is 11.3 Å². The van der Waals surface area contributed by atoms with Gasteiger partial charge in [-0.25, -0.2) is 0 Å². The highest BCUT2D eigenvalue weighted by Gasteiger charge is 2.42. The minimum atomic E-state index is 0.152. The van der Waals surface area contributed by atoms with Gasteiger partial charge in [-0.1, -0.05) is 0 Å². The van der Waals surface area contributed by atoms with E-state index in [1.807, 2.05) is 0 Å². The van der Waals surface area contributed by atoms with E-state index in [1.54, 1.807) is 0 Å². The van der Waals surface area contributed by atoms with Crippen LogP contribution in [0.25, 0.3) is 0 Å².